The summed E-state index contributed by atoms with van der Waals surface area (Å²) in [6.45, 7) is 0.432. The number of carbonyl (C=O) groups excluding carboxylic acids is 2. The number of hydrogen-bond donors (Lipinski definition) is 1. The fourth-order valence-electron chi connectivity index (χ4n) is 2.67. The first kappa shape index (κ1) is 16.0. The molecule has 1 aromatic carbocycles. The minimum Gasteiger partial charge on any atom is -0.350 e. The highest BCUT2D eigenvalue weighted by Gasteiger charge is 2.29. The quantitative estimate of drug-likeness (QED) is 0.864. The van der Waals surface area contributed by atoms with Crippen LogP contribution in [0.4, 0.5) is 5.69 Å². The molecule has 0 unspecified atom stereocenters. The Balaban J connectivity index is 1.72. The van der Waals surface area contributed by atoms with Crippen molar-refractivity contribution >= 4 is 40.6 Å². The van der Waals surface area contributed by atoms with Gasteiger partial charge in [-0.05, 0) is 17.9 Å². The third-order valence-electron chi connectivity index (χ3n) is 3.93. The van der Waals surface area contributed by atoms with Gasteiger partial charge in [0.15, 0.2) is 0 Å². The molecule has 0 aliphatic carbocycles. The maximum absolute atomic E-state index is 12.2. The molecule has 0 saturated heterocycles. The number of anilines is 1. The zero-order valence-electron chi connectivity index (χ0n) is 12.9. The van der Waals surface area contributed by atoms with Crippen molar-refractivity contribution in [3.05, 3.63) is 40.9 Å². The van der Waals surface area contributed by atoms with Gasteiger partial charge in [0, 0.05) is 37.0 Å². The molecule has 1 aliphatic rings. The average molecular weight is 347 g/mol. The molecule has 1 atom stereocenters. The Morgan fingerprint density at radius 1 is 1.48 bits per heavy atom. The zero-order valence-corrected chi connectivity index (χ0v) is 14.5. The van der Waals surface area contributed by atoms with E-state index in [1.165, 1.54) is 23.1 Å². The third-order valence-corrected chi connectivity index (χ3v) is 5.80. The van der Waals surface area contributed by atoms with Crippen LogP contribution in [0.2, 0.25) is 0 Å². The Hall–Kier alpha value is -1.86. The summed E-state index contributed by atoms with van der Waals surface area (Å²) >= 11 is 2.98. The predicted octanol–water partition coefficient (Wildman–Crippen LogP) is 2.75. The number of hydrogen-bond acceptors (Lipinski definition) is 5. The second-order valence-electron chi connectivity index (χ2n) is 5.33. The number of carbonyl (C=O) groups is 2. The molecule has 1 aliphatic heterocycles. The van der Waals surface area contributed by atoms with Crippen LogP contribution >= 0.6 is 23.1 Å². The van der Waals surface area contributed by atoms with E-state index in [2.05, 4.69) is 10.3 Å². The maximum Gasteiger partial charge on any atom is 0.270 e. The first-order chi connectivity index (χ1) is 11.1. The second-order valence-corrected chi connectivity index (χ2v) is 7.24. The molecule has 0 spiro atoms. The minimum absolute atomic E-state index is 0.00231. The highest BCUT2D eigenvalue weighted by molar-refractivity contribution is 8.00. The number of thioether (sulfide) groups is 1. The van der Waals surface area contributed by atoms with Crippen LogP contribution in [0.5, 0.6) is 0 Å². The molecule has 23 heavy (non-hydrogen) atoms. The highest BCUT2D eigenvalue weighted by Crippen LogP contribution is 2.34. The monoisotopic (exact) mass is 347 g/mol. The second kappa shape index (κ2) is 6.72. The molecule has 5 nitrogen and oxygen atoms in total. The highest BCUT2D eigenvalue weighted by atomic mass is 32.2. The van der Waals surface area contributed by atoms with Crippen molar-refractivity contribution in [2.24, 2.45) is 0 Å². The van der Waals surface area contributed by atoms with Crippen LogP contribution in [0.1, 0.15) is 28.4 Å². The minimum atomic E-state index is -0.189. The van der Waals surface area contributed by atoms with E-state index in [0.717, 1.165) is 15.6 Å². The summed E-state index contributed by atoms with van der Waals surface area (Å²) in [6, 6.07) is 7.83. The largest absolute Gasteiger partial charge is 0.350 e. The van der Waals surface area contributed by atoms with Crippen molar-refractivity contribution in [3.63, 3.8) is 0 Å². The Morgan fingerprint density at radius 2 is 2.26 bits per heavy atom. The van der Waals surface area contributed by atoms with Gasteiger partial charge in [0.2, 0.25) is 5.91 Å². The van der Waals surface area contributed by atoms with E-state index in [9.17, 15) is 9.59 Å². The molecule has 2 aromatic rings. The van der Waals surface area contributed by atoms with Crippen molar-refractivity contribution in [2.75, 3.05) is 24.7 Å². The van der Waals surface area contributed by atoms with Crippen molar-refractivity contribution in [1.29, 1.82) is 0 Å². The van der Waals surface area contributed by atoms with Crippen molar-refractivity contribution in [1.82, 2.24) is 10.3 Å². The van der Waals surface area contributed by atoms with E-state index < -0.39 is 0 Å². The summed E-state index contributed by atoms with van der Waals surface area (Å²) in [5, 5.41) is 4.67. The topological polar surface area (TPSA) is 62.3 Å². The van der Waals surface area contributed by atoms with Crippen LogP contribution in [-0.2, 0) is 4.79 Å². The molecule has 0 radical (unpaired) electrons. The van der Waals surface area contributed by atoms with Crippen LogP contribution in [-0.4, -0.2) is 36.6 Å². The first-order valence-corrected chi connectivity index (χ1v) is 9.33. The lowest BCUT2D eigenvalue weighted by molar-refractivity contribution is -0.119. The van der Waals surface area contributed by atoms with Gasteiger partial charge in [-0.3, -0.25) is 9.59 Å². The van der Waals surface area contributed by atoms with E-state index in [1.807, 2.05) is 30.5 Å². The smallest absolute Gasteiger partial charge is 0.270 e. The van der Waals surface area contributed by atoms with Gasteiger partial charge >= 0.3 is 0 Å². The summed E-state index contributed by atoms with van der Waals surface area (Å²) in [5.74, 6) is -0.121. The van der Waals surface area contributed by atoms with Gasteiger partial charge in [-0.25, -0.2) is 4.98 Å². The zero-order chi connectivity index (χ0) is 16.4. The molecular weight excluding hydrogens is 330 g/mol. The van der Waals surface area contributed by atoms with E-state index in [1.54, 1.807) is 17.3 Å². The molecule has 2 heterocycles. The van der Waals surface area contributed by atoms with Gasteiger partial charge in [-0.2, -0.15) is 0 Å². The summed E-state index contributed by atoms with van der Waals surface area (Å²) in [7, 11) is 1.79. The number of rotatable bonds is 4. The van der Waals surface area contributed by atoms with Gasteiger partial charge < -0.3 is 10.2 Å². The van der Waals surface area contributed by atoms with Gasteiger partial charge in [0.05, 0.1) is 0 Å². The molecular formula is C16H17N3O2S2. The lowest BCUT2D eigenvalue weighted by Crippen LogP contribution is -2.37. The number of thiazole rings is 1. The number of amides is 2. The number of nitrogens with one attached hydrogen (secondary N) is 1. The van der Waals surface area contributed by atoms with Gasteiger partial charge in [-0.1, -0.05) is 30.0 Å². The summed E-state index contributed by atoms with van der Waals surface area (Å²) < 4.78 is 0.870. The van der Waals surface area contributed by atoms with E-state index in [0.29, 0.717) is 18.7 Å². The molecule has 2 amide bonds. The molecule has 0 fully saturated rings. The third kappa shape index (κ3) is 3.25. The van der Waals surface area contributed by atoms with Crippen molar-refractivity contribution in [3.8, 4) is 0 Å². The van der Waals surface area contributed by atoms with E-state index >= 15 is 0 Å². The lowest BCUT2D eigenvalue weighted by Gasteiger charge is -2.31. The molecule has 1 N–H and O–H groups in total. The van der Waals surface area contributed by atoms with Gasteiger partial charge in [-0.15, -0.1) is 11.3 Å². The van der Waals surface area contributed by atoms with Crippen LogP contribution in [0, 0.1) is 0 Å². The summed E-state index contributed by atoms with van der Waals surface area (Å²) in [5.41, 5.74) is 2.45. The number of aromatic nitrogens is 1. The molecule has 0 bridgehead atoms. The Morgan fingerprint density at radius 3 is 3.00 bits per heavy atom. The molecule has 1 aromatic heterocycles. The summed E-state index contributed by atoms with van der Waals surface area (Å²) in [6.07, 6.45) is 2.34. The predicted molar refractivity (Wildman–Crippen MR) is 93.4 cm³/mol. The van der Waals surface area contributed by atoms with Crippen LogP contribution in [0.15, 0.2) is 34.0 Å². The number of fused-ring (bicyclic) bond motifs is 1. The Kier molecular flexibility index (Phi) is 4.68. The van der Waals surface area contributed by atoms with E-state index in [-0.39, 0.29) is 17.7 Å². The van der Waals surface area contributed by atoms with Gasteiger partial charge in [0.25, 0.3) is 5.91 Å². The maximum atomic E-state index is 12.2. The number of nitrogens with zero attached hydrogens (tertiary/aromatic N) is 2. The molecule has 7 heteroatoms. The standard InChI is InChI=1S/C16H17N3O2S2/c1-19-13-6-4-3-5-11(13)10(7-14(19)20)8-17-15(21)12-9-23-16(18-12)22-2/h3-6,9-10H,7-8H2,1-2H3,(H,17,21)/t10-/m1/s1. The van der Waals surface area contributed by atoms with Crippen molar-refractivity contribution in [2.45, 2.75) is 16.7 Å². The van der Waals surface area contributed by atoms with Crippen molar-refractivity contribution < 1.29 is 9.59 Å². The number of benzene rings is 1. The van der Waals surface area contributed by atoms with Crippen LogP contribution in [0.3, 0.4) is 0 Å². The number of para-hydroxylation sites is 1. The fourth-order valence-corrected chi connectivity index (χ4v) is 3.92. The fraction of sp³-hybridized carbons (Fsp3) is 0.312. The molecule has 3 rings (SSSR count). The average Bonchev–Trinajstić information content (AvgIpc) is 3.06. The first-order valence-electron chi connectivity index (χ1n) is 7.23. The van der Waals surface area contributed by atoms with Crippen LogP contribution in [0.25, 0.3) is 0 Å². The van der Waals surface area contributed by atoms with Gasteiger partial charge in [0.1, 0.15) is 10.0 Å². The summed E-state index contributed by atoms with van der Waals surface area (Å²) in [4.78, 5) is 30.3. The van der Waals surface area contributed by atoms with E-state index in [4.69, 9.17) is 0 Å². The molecule has 120 valence electrons. The van der Waals surface area contributed by atoms with Crippen LogP contribution < -0.4 is 10.2 Å². The molecule has 0 saturated carbocycles. The SMILES string of the molecule is CSc1nc(C(=O)NC[C@H]2CC(=O)N(C)c3ccccc32)cs1. The normalized spacial score (nSPS) is 17.0. The Labute approximate surface area is 143 Å². The Bertz CT molecular complexity index is 744. The lowest BCUT2D eigenvalue weighted by atomic mass is 9.89.